The van der Waals surface area contributed by atoms with Gasteiger partial charge in [-0.2, -0.15) is 4.31 Å². The molecule has 33 heavy (non-hydrogen) atoms. The molecular formula is C25H32N2O5S. The molecule has 1 amide bonds. The predicted molar refractivity (Wildman–Crippen MR) is 128 cm³/mol. The predicted octanol–water partition coefficient (Wildman–Crippen LogP) is 4.04. The van der Waals surface area contributed by atoms with Crippen molar-refractivity contribution in [3.8, 4) is 5.75 Å². The second-order valence-electron chi connectivity index (χ2n) is 9.26. The summed E-state index contributed by atoms with van der Waals surface area (Å²) in [7, 11) is -3.69. The summed E-state index contributed by atoms with van der Waals surface area (Å²) in [6.45, 7) is 10.2. The first-order valence-electron chi connectivity index (χ1n) is 11.4. The zero-order valence-corrected chi connectivity index (χ0v) is 20.5. The van der Waals surface area contributed by atoms with Crippen molar-refractivity contribution >= 4 is 21.6 Å². The van der Waals surface area contributed by atoms with Gasteiger partial charge < -0.3 is 14.4 Å². The van der Waals surface area contributed by atoms with E-state index in [-0.39, 0.29) is 16.7 Å². The molecule has 2 aliphatic rings. The minimum Gasteiger partial charge on any atom is -0.494 e. The van der Waals surface area contributed by atoms with Crippen molar-refractivity contribution in [3.63, 3.8) is 0 Å². The van der Waals surface area contributed by atoms with Crippen molar-refractivity contribution in [3.05, 3.63) is 53.6 Å². The van der Waals surface area contributed by atoms with E-state index in [1.54, 1.807) is 23.1 Å². The molecule has 0 N–H and O–H groups in total. The molecule has 1 fully saturated rings. The number of rotatable bonds is 5. The number of hydrogen-bond donors (Lipinski definition) is 0. The summed E-state index contributed by atoms with van der Waals surface area (Å²) in [5.41, 5.74) is 1.82. The molecule has 2 aromatic carbocycles. The summed E-state index contributed by atoms with van der Waals surface area (Å²) in [6, 6.07) is 12.2. The fraction of sp³-hybridized carbons (Fsp3) is 0.480. The molecule has 2 aliphatic heterocycles. The van der Waals surface area contributed by atoms with E-state index in [1.165, 1.54) is 10.4 Å². The van der Waals surface area contributed by atoms with Crippen LogP contribution in [0.25, 0.3) is 0 Å². The van der Waals surface area contributed by atoms with E-state index in [2.05, 4.69) is 20.8 Å². The number of nitrogens with zero attached hydrogens (tertiary/aromatic N) is 2. The van der Waals surface area contributed by atoms with Crippen LogP contribution in [0.15, 0.2) is 47.4 Å². The van der Waals surface area contributed by atoms with Crippen molar-refractivity contribution in [2.75, 3.05) is 37.8 Å². The van der Waals surface area contributed by atoms with Crippen LogP contribution in [-0.2, 0) is 14.8 Å². The second-order valence-corrected chi connectivity index (χ2v) is 11.2. The molecule has 8 heteroatoms. The summed E-state index contributed by atoms with van der Waals surface area (Å²) in [5.74, 6) is 0.831. The highest BCUT2D eigenvalue weighted by Crippen LogP contribution is 2.45. The van der Waals surface area contributed by atoms with E-state index in [0.717, 1.165) is 23.4 Å². The van der Waals surface area contributed by atoms with Gasteiger partial charge in [0.25, 0.3) is 5.91 Å². The molecule has 1 atom stereocenters. The first-order chi connectivity index (χ1) is 15.6. The summed E-state index contributed by atoms with van der Waals surface area (Å²) >= 11 is 0. The molecule has 0 saturated carbocycles. The Hall–Kier alpha value is -2.42. The number of sulfonamides is 1. The molecule has 2 aromatic rings. The number of anilines is 1. The number of carbonyl (C=O) groups excluding carboxylic acids is 1. The van der Waals surface area contributed by atoms with Crippen LogP contribution in [-0.4, -0.2) is 57.1 Å². The lowest BCUT2D eigenvalue weighted by atomic mass is 9.79. The van der Waals surface area contributed by atoms with Crippen molar-refractivity contribution in [1.82, 2.24) is 4.31 Å². The summed E-state index contributed by atoms with van der Waals surface area (Å²) in [4.78, 5) is 15.8. The molecule has 0 radical (unpaired) electrons. The van der Waals surface area contributed by atoms with Crippen molar-refractivity contribution < 1.29 is 22.7 Å². The molecule has 0 unspecified atom stereocenters. The third-order valence-corrected chi connectivity index (χ3v) is 8.28. The van der Waals surface area contributed by atoms with Crippen LogP contribution in [0.3, 0.4) is 0 Å². The van der Waals surface area contributed by atoms with E-state index in [9.17, 15) is 13.2 Å². The Balaban J connectivity index is 1.72. The van der Waals surface area contributed by atoms with Crippen LogP contribution in [0, 0.1) is 0 Å². The molecule has 178 valence electrons. The van der Waals surface area contributed by atoms with Gasteiger partial charge in [0.2, 0.25) is 10.0 Å². The normalized spacial score (nSPS) is 20.8. The lowest BCUT2D eigenvalue weighted by Gasteiger charge is -2.46. The maximum Gasteiger partial charge on any atom is 0.258 e. The number of morpholine rings is 1. The molecule has 0 bridgehead atoms. The van der Waals surface area contributed by atoms with E-state index in [1.807, 2.05) is 25.1 Å². The molecule has 2 heterocycles. The number of benzene rings is 2. The summed E-state index contributed by atoms with van der Waals surface area (Å²) < 4.78 is 38.7. The van der Waals surface area contributed by atoms with Gasteiger partial charge in [-0.15, -0.1) is 0 Å². The fourth-order valence-electron chi connectivity index (χ4n) is 4.90. The summed E-state index contributed by atoms with van der Waals surface area (Å²) in [5, 5.41) is 0. The van der Waals surface area contributed by atoms with Gasteiger partial charge in [-0.3, -0.25) is 4.79 Å². The van der Waals surface area contributed by atoms with Gasteiger partial charge >= 0.3 is 0 Å². The number of hydrogen-bond acceptors (Lipinski definition) is 5. The lowest BCUT2D eigenvalue weighted by Crippen LogP contribution is -2.51. The minimum absolute atomic E-state index is 0.130. The Labute approximate surface area is 196 Å². The molecule has 7 nitrogen and oxygen atoms in total. The monoisotopic (exact) mass is 472 g/mol. The fourth-order valence-corrected chi connectivity index (χ4v) is 6.36. The SMILES string of the molecule is CCOc1ccc2c(c1)[C@@H](C)CC(C)(C)N2C(=O)c1cccc(S(=O)(=O)N2CCOCC2)c1. The Bertz CT molecular complexity index is 1140. The molecule has 4 rings (SSSR count). The smallest absolute Gasteiger partial charge is 0.258 e. The van der Waals surface area contributed by atoms with E-state index >= 15 is 0 Å². The number of fused-ring (bicyclic) bond motifs is 1. The third kappa shape index (κ3) is 4.52. The Morgan fingerprint density at radius 1 is 1.15 bits per heavy atom. The maximum absolute atomic E-state index is 13.8. The van der Waals surface area contributed by atoms with Crippen LogP contribution in [0.5, 0.6) is 5.75 Å². The van der Waals surface area contributed by atoms with E-state index < -0.39 is 15.6 Å². The van der Waals surface area contributed by atoms with Crippen molar-refractivity contribution in [2.45, 2.75) is 50.5 Å². The molecular weight excluding hydrogens is 440 g/mol. The van der Waals surface area contributed by atoms with Gasteiger partial charge in [0.1, 0.15) is 5.75 Å². The standard InChI is InChI=1S/C25H32N2O5S/c1-5-32-20-9-10-23-22(16-20)18(2)17-25(3,4)27(23)24(28)19-7-6-8-21(15-19)33(29,30)26-11-13-31-14-12-26/h6-10,15-16,18H,5,11-14,17H2,1-4H3/t18-/m0/s1. The van der Waals surface area contributed by atoms with E-state index in [4.69, 9.17) is 9.47 Å². The molecule has 1 saturated heterocycles. The number of carbonyl (C=O) groups is 1. The van der Waals surface area contributed by atoms with Crippen LogP contribution in [0.4, 0.5) is 5.69 Å². The highest BCUT2D eigenvalue weighted by atomic mass is 32.2. The van der Waals surface area contributed by atoms with Gasteiger partial charge in [-0.25, -0.2) is 8.42 Å². The zero-order valence-electron chi connectivity index (χ0n) is 19.7. The third-order valence-electron chi connectivity index (χ3n) is 6.38. The zero-order chi connectivity index (χ0) is 23.8. The van der Waals surface area contributed by atoms with Crippen LogP contribution < -0.4 is 9.64 Å². The van der Waals surface area contributed by atoms with Crippen molar-refractivity contribution in [2.24, 2.45) is 0 Å². The highest BCUT2D eigenvalue weighted by molar-refractivity contribution is 7.89. The van der Waals surface area contributed by atoms with Crippen LogP contribution in [0.1, 0.15) is 56.0 Å². The lowest BCUT2D eigenvalue weighted by molar-refractivity contribution is 0.0730. The van der Waals surface area contributed by atoms with Crippen LogP contribution in [0.2, 0.25) is 0 Å². The van der Waals surface area contributed by atoms with Gasteiger partial charge in [-0.05, 0) is 75.1 Å². The molecule has 0 spiro atoms. The molecule has 0 aliphatic carbocycles. The first-order valence-corrected chi connectivity index (χ1v) is 12.9. The highest BCUT2D eigenvalue weighted by Gasteiger charge is 2.40. The maximum atomic E-state index is 13.8. The average Bonchev–Trinajstić information content (AvgIpc) is 2.79. The number of ether oxygens (including phenoxy) is 2. The summed E-state index contributed by atoms with van der Waals surface area (Å²) in [6.07, 6.45) is 0.785. The minimum atomic E-state index is -3.69. The van der Waals surface area contributed by atoms with E-state index in [0.29, 0.717) is 38.5 Å². The number of amides is 1. The topological polar surface area (TPSA) is 76.2 Å². The second kappa shape index (κ2) is 9.08. The average molecular weight is 473 g/mol. The van der Waals surface area contributed by atoms with Gasteiger partial charge in [0.05, 0.1) is 24.7 Å². The Kier molecular flexibility index (Phi) is 6.53. The Morgan fingerprint density at radius 3 is 2.58 bits per heavy atom. The van der Waals surface area contributed by atoms with Crippen molar-refractivity contribution in [1.29, 1.82) is 0 Å². The van der Waals surface area contributed by atoms with Gasteiger partial charge in [0.15, 0.2) is 0 Å². The molecule has 0 aromatic heterocycles. The quantitative estimate of drug-likeness (QED) is 0.657. The van der Waals surface area contributed by atoms with Crippen LogP contribution >= 0.6 is 0 Å². The van der Waals surface area contributed by atoms with Gasteiger partial charge in [0, 0.05) is 29.9 Å². The largest absolute Gasteiger partial charge is 0.494 e. The van der Waals surface area contributed by atoms with Gasteiger partial charge in [-0.1, -0.05) is 13.0 Å². The Morgan fingerprint density at radius 2 is 1.88 bits per heavy atom. The first kappa shape index (κ1) is 23.7.